The molecule has 2 aliphatic heterocycles. The van der Waals surface area contributed by atoms with E-state index in [1.165, 1.54) is 118 Å². The molecule has 7 aromatic carbocycles. The Morgan fingerprint density at radius 1 is 0.487 bits per heavy atom. The van der Waals surface area contributed by atoms with Gasteiger partial charge in [0.05, 0.1) is 22.1 Å². The first-order valence-corrected chi connectivity index (χ1v) is 28.5. The molecule has 5 heteroatoms. The standard InChI is InChI=1S/C71H73BN2O2/c1-65(2,3)38-21-24-40(25-22-38)74-54-35-43-42-32-49-51(69(11,12)29-27-67(49,7)8)36-48(42)71(15,16)47(43)33-45(54)57-58-41-19-17-18-20-55(41)75-63(58)59-44-34-50-52(70(13,14)30-28-68(50,9)10)37-53(44)73-61-46-31-39(66(4,5)6)23-26-56(46)76-64(61)72(74)60(57)62(59)73/h17-26,31-37H,27-30H2,1-16H3. The Balaban J connectivity index is 1.16. The van der Waals surface area contributed by atoms with E-state index in [9.17, 15) is 0 Å². The highest BCUT2D eigenvalue weighted by molar-refractivity contribution is 6.93. The molecule has 0 amide bonds. The van der Waals surface area contributed by atoms with E-state index in [-0.39, 0.29) is 44.8 Å². The summed E-state index contributed by atoms with van der Waals surface area (Å²) in [5.74, 6) is 0. The van der Waals surface area contributed by atoms with Gasteiger partial charge in [-0.2, -0.15) is 0 Å². The predicted octanol–water partition coefficient (Wildman–Crippen LogP) is 18.3. The molecule has 3 aliphatic carbocycles. The van der Waals surface area contributed by atoms with Gasteiger partial charge >= 0.3 is 6.85 Å². The van der Waals surface area contributed by atoms with Crippen LogP contribution in [0, 0.1) is 0 Å². The van der Waals surface area contributed by atoms with Crippen molar-refractivity contribution < 1.29 is 8.83 Å². The van der Waals surface area contributed by atoms with Gasteiger partial charge in [0, 0.05) is 43.9 Å². The molecule has 0 atom stereocenters. The average molecular weight is 997 g/mol. The van der Waals surface area contributed by atoms with Crippen LogP contribution in [-0.2, 0) is 37.9 Å². The van der Waals surface area contributed by atoms with E-state index in [0.29, 0.717) is 0 Å². The van der Waals surface area contributed by atoms with Crippen LogP contribution in [-0.4, -0.2) is 11.4 Å². The normalized spacial score (nSPS) is 19.1. The van der Waals surface area contributed by atoms with Gasteiger partial charge in [-0.3, -0.25) is 0 Å². The van der Waals surface area contributed by atoms with Crippen LogP contribution in [0.5, 0.6) is 0 Å². The van der Waals surface area contributed by atoms with E-state index in [4.69, 9.17) is 8.83 Å². The van der Waals surface area contributed by atoms with Crippen LogP contribution in [0.4, 0.5) is 11.4 Å². The van der Waals surface area contributed by atoms with Gasteiger partial charge in [0.25, 0.3) is 0 Å². The summed E-state index contributed by atoms with van der Waals surface area (Å²) in [5.41, 5.74) is 27.6. The van der Waals surface area contributed by atoms with Crippen LogP contribution in [0.2, 0.25) is 0 Å². The summed E-state index contributed by atoms with van der Waals surface area (Å²) in [6.45, 7) is 38.3. The van der Waals surface area contributed by atoms with Gasteiger partial charge in [0.2, 0.25) is 0 Å². The molecule has 382 valence electrons. The lowest BCUT2D eigenvalue weighted by molar-refractivity contribution is 0.331. The average Bonchev–Trinajstić information content (AvgIpc) is 3.29. The SMILES string of the molecule is CC(C)(C)c1ccc(N2B3c4oc5ccc(C(C)(C)C)cc5c4-n4c5cc6c(cc5c5c7oc8ccccc8c7c(c3c54)-c3cc4c(cc32)-c2cc3c(cc2C4(C)C)C(C)(C)CCC3(C)C)C(C)(C)CCC6(C)C)cc1. The Labute approximate surface area is 450 Å². The summed E-state index contributed by atoms with van der Waals surface area (Å²) in [6, 6.07) is 41.0. The first kappa shape index (κ1) is 46.8. The first-order chi connectivity index (χ1) is 35.7. The topological polar surface area (TPSA) is 34.5 Å². The Morgan fingerprint density at radius 3 is 1.70 bits per heavy atom. The minimum absolute atomic E-state index is 0.00623. The lowest BCUT2D eigenvalue weighted by atomic mass is 9.46. The maximum Gasteiger partial charge on any atom is 0.376 e. The molecule has 4 nitrogen and oxygen atoms in total. The minimum atomic E-state index is -0.307. The number of hydrogen-bond acceptors (Lipinski definition) is 3. The van der Waals surface area contributed by atoms with Gasteiger partial charge < -0.3 is 18.2 Å². The Bertz CT molecular complexity index is 4280. The number of aromatic nitrogens is 1. The second-order valence-electron chi connectivity index (χ2n) is 29.4. The van der Waals surface area contributed by atoms with E-state index in [1.54, 1.807) is 0 Å². The van der Waals surface area contributed by atoms with Crippen LogP contribution >= 0.6 is 0 Å². The molecule has 5 aliphatic rings. The third kappa shape index (κ3) is 5.88. The van der Waals surface area contributed by atoms with Crippen LogP contribution in [0.3, 0.4) is 0 Å². The van der Waals surface area contributed by atoms with Gasteiger partial charge in [0.1, 0.15) is 22.4 Å². The highest BCUT2D eigenvalue weighted by Gasteiger charge is 2.51. The van der Waals surface area contributed by atoms with Crippen molar-refractivity contribution in [1.29, 1.82) is 0 Å². The molecule has 15 rings (SSSR count). The summed E-state index contributed by atoms with van der Waals surface area (Å²) >= 11 is 0. The Kier molecular flexibility index (Phi) is 8.73. The molecule has 0 N–H and O–H groups in total. The molecule has 0 fully saturated rings. The monoisotopic (exact) mass is 997 g/mol. The fourth-order valence-corrected chi connectivity index (χ4v) is 15.5. The van der Waals surface area contributed by atoms with Crippen molar-refractivity contribution in [1.82, 2.24) is 4.57 Å². The summed E-state index contributed by atoms with van der Waals surface area (Å²) in [5, 5.41) is 5.97. The fourth-order valence-electron chi connectivity index (χ4n) is 15.5. The second-order valence-corrected chi connectivity index (χ2v) is 29.4. The molecule has 0 bridgehead atoms. The molecule has 0 unspecified atom stereocenters. The molecule has 5 heterocycles. The zero-order valence-electron chi connectivity index (χ0n) is 47.9. The van der Waals surface area contributed by atoms with E-state index in [1.807, 2.05) is 0 Å². The quantitative estimate of drug-likeness (QED) is 0.154. The van der Waals surface area contributed by atoms with Crippen molar-refractivity contribution in [3.63, 3.8) is 0 Å². The molecule has 0 saturated carbocycles. The van der Waals surface area contributed by atoms with Crippen molar-refractivity contribution in [2.24, 2.45) is 0 Å². The molecule has 0 spiro atoms. The van der Waals surface area contributed by atoms with E-state index < -0.39 is 0 Å². The third-order valence-corrected chi connectivity index (χ3v) is 20.4. The van der Waals surface area contributed by atoms with Crippen molar-refractivity contribution in [3.8, 4) is 27.9 Å². The smallest absolute Gasteiger partial charge is 0.376 e. The molecular formula is C71H73BN2O2. The molecule has 76 heavy (non-hydrogen) atoms. The van der Waals surface area contributed by atoms with Gasteiger partial charge in [-0.05, 0) is 185 Å². The van der Waals surface area contributed by atoms with Crippen molar-refractivity contribution >= 4 is 84.1 Å². The van der Waals surface area contributed by atoms with E-state index in [2.05, 4.69) is 223 Å². The van der Waals surface area contributed by atoms with Gasteiger partial charge in [-0.25, -0.2) is 0 Å². The number of benzene rings is 7. The van der Waals surface area contributed by atoms with Crippen LogP contribution < -0.4 is 15.9 Å². The number of nitrogens with zero attached hydrogens (tertiary/aromatic N) is 2. The summed E-state index contributed by atoms with van der Waals surface area (Å²) < 4.78 is 17.8. The van der Waals surface area contributed by atoms with Crippen LogP contribution in [0.25, 0.3) is 82.7 Å². The minimum Gasteiger partial charge on any atom is -0.466 e. The lowest BCUT2D eigenvalue weighted by Crippen LogP contribution is -2.60. The maximum absolute atomic E-state index is 7.67. The number of fused-ring (bicyclic) bond motifs is 20. The zero-order valence-corrected chi connectivity index (χ0v) is 47.9. The summed E-state index contributed by atoms with van der Waals surface area (Å²) in [6.07, 6.45) is 4.65. The summed E-state index contributed by atoms with van der Waals surface area (Å²) in [4.78, 5) is 2.69. The summed E-state index contributed by atoms with van der Waals surface area (Å²) in [7, 11) is 0. The largest absolute Gasteiger partial charge is 0.466 e. The van der Waals surface area contributed by atoms with Crippen LogP contribution in [0.15, 0.2) is 112 Å². The van der Waals surface area contributed by atoms with E-state index >= 15 is 0 Å². The highest BCUT2D eigenvalue weighted by atomic mass is 16.3. The van der Waals surface area contributed by atoms with Crippen LogP contribution in [0.1, 0.15) is 181 Å². The molecular weight excluding hydrogens is 924 g/mol. The third-order valence-electron chi connectivity index (χ3n) is 20.4. The number of anilines is 2. The molecule has 0 saturated heterocycles. The molecule has 10 aromatic rings. The first-order valence-electron chi connectivity index (χ1n) is 28.5. The number of hydrogen-bond donors (Lipinski definition) is 0. The molecule has 3 aromatic heterocycles. The number of para-hydroxylation sites is 1. The number of rotatable bonds is 1. The highest BCUT2D eigenvalue weighted by Crippen LogP contribution is 2.60. The zero-order chi connectivity index (χ0) is 53.1. The van der Waals surface area contributed by atoms with Gasteiger partial charge in [-0.15, -0.1) is 0 Å². The van der Waals surface area contributed by atoms with Crippen molar-refractivity contribution in [3.05, 3.63) is 148 Å². The van der Waals surface area contributed by atoms with Gasteiger partial charge in [-0.1, -0.05) is 153 Å². The fraction of sp³-hybridized carbons (Fsp3) is 0.380. The predicted molar refractivity (Wildman–Crippen MR) is 322 cm³/mol. The second kappa shape index (κ2) is 14.2. The molecule has 0 radical (unpaired) electrons. The van der Waals surface area contributed by atoms with Crippen molar-refractivity contribution in [2.45, 2.75) is 174 Å². The van der Waals surface area contributed by atoms with E-state index in [0.717, 1.165) is 57.4 Å². The van der Waals surface area contributed by atoms with Gasteiger partial charge in [0.15, 0.2) is 0 Å². The maximum atomic E-state index is 7.67. The Morgan fingerprint density at radius 2 is 1.04 bits per heavy atom. The number of furan rings is 2. The lowest BCUT2D eigenvalue weighted by Gasteiger charge is -2.42. The Hall–Kier alpha value is -6.46. The van der Waals surface area contributed by atoms with Crippen molar-refractivity contribution in [2.75, 3.05) is 4.81 Å².